The summed E-state index contributed by atoms with van der Waals surface area (Å²) in [5.74, 6) is -0.928. The van der Waals surface area contributed by atoms with E-state index in [9.17, 15) is 18.8 Å². The Labute approximate surface area is 245 Å². The molecule has 222 valence electrons. The predicted octanol–water partition coefficient (Wildman–Crippen LogP) is 1.77. The first-order chi connectivity index (χ1) is 19.7. The Morgan fingerprint density at radius 2 is 1.66 bits per heavy atom. The molecule has 1 heterocycles. The molecule has 0 bridgehead atoms. The first-order valence-electron chi connectivity index (χ1n) is 13.9. The molecule has 3 N–H and O–H groups in total. The average Bonchev–Trinajstić information content (AvgIpc) is 3.79. The molecule has 1 aliphatic heterocycles. The van der Waals surface area contributed by atoms with Crippen LogP contribution in [-0.4, -0.2) is 98.6 Å². The molecule has 3 unspecified atom stereocenters. The lowest BCUT2D eigenvalue weighted by atomic mass is 9.99. The Hall–Kier alpha value is -3.05. The van der Waals surface area contributed by atoms with Crippen LogP contribution in [0.2, 0.25) is 5.02 Å². The predicted molar refractivity (Wildman–Crippen MR) is 155 cm³/mol. The van der Waals surface area contributed by atoms with Crippen molar-refractivity contribution in [1.29, 1.82) is 0 Å². The molecule has 0 aromatic heterocycles. The molecule has 4 rings (SSSR count). The van der Waals surface area contributed by atoms with Crippen LogP contribution in [-0.2, 0) is 32.0 Å². The summed E-state index contributed by atoms with van der Waals surface area (Å²) in [6, 6.07) is 11.7. The van der Waals surface area contributed by atoms with Crippen LogP contribution in [0, 0.1) is 5.82 Å². The van der Waals surface area contributed by atoms with Crippen LogP contribution >= 0.6 is 11.6 Å². The summed E-state index contributed by atoms with van der Waals surface area (Å²) < 4.78 is 19.1. The van der Waals surface area contributed by atoms with Crippen molar-refractivity contribution in [2.45, 2.75) is 49.3 Å². The number of carbonyl (C=O) groups is 3. The molecular formula is C30H39ClFN5O4. The molecule has 1 saturated heterocycles. The summed E-state index contributed by atoms with van der Waals surface area (Å²) in [4.78, 5) is 44.0. The number of methoxy groups -OCH3 is 1. The third-order valence-electron chi connectivity index (χ3n) is 8.11. The fourth-order valence-corrected chi connectivity index (χ4v) is 5.58. The summed E-state index contributed by atoms with van der Waals surface area (Å²) in [7, 11) is 4.93. The average molecular weight is 588 g/mol. The largest absolute Gasteiger partial charge is 0.382 e. The van der Waals surface area contributed by atoms with Crippen LogP contribution in [0.3, 0.4) is 0 Å². The number of amides is 3. The number of likely N-dealkylation sites (N-methyl/N-ethyl adjacent to an activating group) is 2. The number of ether oxygens (including phenoxy) is 1. The summed E-state index contributed by atoms with van der Waals surface area (Å²) in [5.41, 5.74) is 1.06. The molecular weight excluding hydrogens is 549 g/mol. The quantitative estimate of drug-likeness (QED) is 0.350. The van der Waals surface area contributed by atoms with Gasteiger partial charge in [0.15, 0.2) is 0 Å². The Kier molecular flexibility index (Phi) is 10.4. The van der Waals surface area contributed by atoms with Gasteiger partial charge in [0.2, 0.25) is 17.7 Å². The van der Waals surface area contributed by atoms with Crippen molar-refractivity contribution < 1.29 is 23.5 Å². The molecule has 9 nitrogen and oxygen atoms in total. The monoisotopic (exact) mass is 587 g/mol. The number of hydrogen-bond acceptors (Lipinski definition) is 6. The lowest BCUT2D eigenvalue weighted by Crippen LogP contribution is -2.64. The molecule has 2 aliphatic rings. The number of benzene rings is 2. The Morgan fingerprint density at radius 1 is 1.02 bits per heavy atom. The van der Waals surface area contributed by atoms with Gasteiger partial charge in [0, 0.05) is 45.2 Å². The number of rotatable bonds is 12. The fraction of sp³-hybridized carbons (Fsp3) is 0.500. The van der Waals surface area contributed by atoms with Gasteiger partial charge in [-0.15, -0.1) is 0 Å². The Morgan fingerprint density at radius 3 is 2.24 bits per heavy atom. The van der Waals surface area contributed by atoms with Gasteiger partial charge in [-0.3, -0.25) is 19.3 Å². The highest BCUT2D eigenvalue weighted by molar-refractivity contribution is 6.30. The molecule has 2 aromatic rings. The highest BCUT2D eigenvalue weighted by Gasteiger charge is 2.50. The number of nitrogens with one attached hydrogen (secondary N) is 3. The molecule has 3 atom stereocenters. The van der Waals surface area contributed by atoms with E-state index in [4.69, 9.17) is 16.3 Å². The second kappa shape index (κ2) is 13.7. The zero-order chi connectivity index (χ0) is 29.6. The van der Waals surface area contributed by atoms with Gasteiger partial charge >= 0.3 is 0 Å². The van der Waals surface area contributed by atoms with Crippen molar-refractivity contribution in [2.24, 2.45) is 0 Å². The van der Waals surface area contributed by atoms with E-state index in [2.05, 4.69) is 20.9 Å². The van der Waals surface area contributed by atoms with Crippen LogP contribution in [0.5, 0.6) is 0 Å². The summed E-state index contributed by atoms with van der Waals surface area (Å²) >= 11 is 6.05. The van der Waals surface area contributed by atoms with Crippen molar-refractivity contribution >= 4 is 29.3 Å². The SMILES string of the molecule is CNC(=O)C(Cc1ccc(Cl)cc1)N1CCN(C(=O)C(Cc2ccc(F)cc2)NC(=O)C2(NC)CC2)C(COC)C1. The highest BCUT2D eigenvalue weighted by Crippen LogP contribution is 2.35. The van der Waals surface area contributed by atoms with Crippen LogP contribution in [0.25, 0.3) is 0 Å². The van der Waals surface area contributed by atoms with E-state index in [-0.39, 0.29) is 42.6 Å². The van der Waals surface area contributed by atoms with Gasteiger partial charge in [-0.05, 0) is 61.7 Å². The number of hydrogen-bond donors (Lipinski definition) is 3. The minimum atomic E-state index is -0.839. The molecule has 2 aromatic carbocycles. The Bertz CT molecular complexity index is 1210. The van der Waals surface area contributed by atoms with Crippen LogP contribution < -0.4 is 16.0 Å². The summed E-state index contributed by atoms with van der Waals surface area (Å²) in [6.07, 6.45) is 2.11. The zero-order valence-electron chi connectivity index (χ0n) is 23.8. The van der Waals surface area contributed by atoms with E-state index < -0.39 is 17.6 Å². The van der Waals surface area contributed by atoms with Crippen molar-refractivity contribution in [3.63, 3.8) is 0 Å². The molecule has 1 aliphatic carbocycles. The third-order valence-corrected chi connectivity index (χ3v) is 8.36. The normalized spacial score (nSPS) is 19.7. The number of halogens is 2. The van der Waals surface area contributed by atoms with Crippen molar-refractivity contribution in [3.8, 4) is 0 Å². The topological polar surface area (TPSA) is 103 Å². The van der Waals surface area contributed by atoms with Crippen LogP contribution in [0.4, 0.5) is 4.39 Å². The molecule has 3 amide bonds. The van der Waals surface area contributed by atoms with Crippen LogP contribution in [0.1, 0.15) is 24.0 Å². The lowest BCUT2D eigenvalue weighted by molar-refractivity contribution is -0.144. The van der Waals surface area contributed by atoms with Gasteiger partial charge in [-0.1, -0.05) is 35.9 Å². The van der Waals surface area contributed by atoms with E-state index in [0.29, 0.717) is 43.9 Å². The first-order valence-corrected chi connectivity index (χ1v) is 14.3. The molecule has 0 spiro atoms. The van der Waals surface area contributed by atoms with E-state index in [1.54, 1.807) is 50.4 Å². The number of carbonyl (C=O) groups excluding carboxylic acids is 3. The zero-order valence-corrected chi connectivity index (χ0v) is 24.5. The smallest absolute Gasteiger partial charge is 0.245 e. The van der Waals surface area contributed by atoms with Crippen molar-refractivity contribution in [1.82, 2.24) is 25.8 Å². The van der Waals surface area contributed by atoms with Gasteiger partial charge in [-0.2, -0.15) is 0 Å². The Balaban J connectivity index is 1.53. The summed E-state index contributed by atoms with van der Waals surface area (Å²) in [6.45, 7) is 1.51. The standard InChI is InChI=1S/C30H39ClFN5O4/c1-33-27(38)26(17-21-4-8-22(31)9-5-21)36-14-15-37(24(18-36)19-41-3)28(39)25(16-20-6-10-23(32)11-7-20)35-29(40)30(34-2)12-13-30/h4-11,24-26,34H,12-19H2,1-3H3,(H,33,38)(H,35,40). The first kappa shape index (κ1) is 30.9. The van der Waals surface area contributed by atoms with Gasteiger partial charge in [-0.25, -0.2) is 4.39 Å². The maximum atomic E-state index is 14.1. The second-order valence-corrected chi connectivity index (χ2v) is 11.2. The van der Waals surface area contributed by atoms with Crippen LogP contribution in [0.15, 0.2) is 48.5 Å². The second-order valence-electron chi connectivity index (χ2n) is 10.8. The van der Waals surface area contributed by atoms with E-state index >= 15 is 0 Å². The maximum absolute atomic E-state index is 14.1. The highest BCUT2D eigenvalue weighted by atomic mass is 35.5. The fourth-order valence-electron chi connectivity index (χ4n) is 5.45. The molecule has 1 saturated carbocycles. The molecule has 2 fully saturated rings. The molecule has 0 radical (unpaired) electrons. The van der Waals surface area contributed by atoms with Crippen molar-refractivity contribution in [3.05, 3.63) is 70.5 Å². The minimum absolute atomic E-state index is 0.112. The van der Waals surface area contributed by atoms with Gasteiger partial charge < -0.3 is 25.6 Å². The minimum Gasteiger partial charge on any atom is -0.382 e. The van der Waals surface area contributed by atoms with Gasteiger partial charge in [0.1, 0.15) is 11.9 Å². The maximum Gasteiger partial charge on any atom is 0.245 e. The number of piperazine rings is 1. The van der Waals surface area contributed by atoms with Gasteiger partial charge in [0.25, 0.3) is 0 Å². The third kappa shape index (κ3) is 7.62. The van der Waals surface area contributed by atoms with E-state index in [1.807, 2.05) is 12.1 Å². The molecule has 11 heteroatoms. The van der Waals surface area contributed by atoms with E-state index in [1.165, 1.54) is 12.1 Å². The van der Waals surface area contributed by atoms with Crippen molar-refractivity contribution in [2.75, 3.05) is 47.4 Å². The lowest BCUT2D eigenvalue weighted by Gasteiger charge is -2.44. The number of nitrogens with zero attached hydrogens (tertiary/aromatic N) is 2. The van der Waals surface area contributed by atoms with Gasteiger partial charge in [0.05, 0.1) is 24.2 Å². The van der Waals surface area contributed by atoms with E-state index in [0.717, 1.165) is 11.1 Å². The molecule has 41 heavy (non-hydrogen) atoms. The summed E-state index contributed by atoms with van der Waals surface area (Å²) in [5, 5.41) is 9.45.